The molecule has 0 saturated carbocycles. The smallest absolute Gasteiger partial charge is 0.340 e. The SMILES string of the molecule is CCOC(=O)c1cc([N+](=O)[O-])ccc1N1CC(C)CC(C)C1. The van der Waals surface area contributed by atoms with Crippen molar-refractivity contribution >= 4 is 17.3 Å². The Morgan fingerprint density at radius 1 is 1.36 bits per heavy atom. The lowest BCUT2D eigenvalue weighted by molar-refractivity contribution is -0.384. The van der Waals surface area contributed by atoms with Gasteiger partial charge >= 0.3 is 5.97 Å². The van der Waals surface area contributed by atoms with E-state index in [4.69, 9.17) is 4.74 Å². The standard InChI is InChI=1S/C16H22N2O4/c1-4-22-16(19)14-8-13(18(20)21)5-6-15(14)17-9-11(2)7-12(3)10-17/h5-6,8,11-12H,4,7,9-10H2,1-3H3. The summed E-state index contributed by atoms with van der Waals surface area (Å²) in [6.45, 7) is 8.01. The summed E-state index contributed by atoms with van der Waals surface area (Å²) in [5.74, 6) is 0.537. The van der Waals surface area contributed by atoms with Crippen molar-refractivity contribution in [1.29, 1.82) is 0 Å². The van der Waals surface area contributed by atoms with Gasteiger partial charge in [0.05, 0.1) is 22.8 Å². The normalized spacial score (nSPS) is 21.5. The number of nitrogens with zero attached hydrogens (tertiary/aromatic N) is 2. The number of ether oxygens (including phenoxy) is 1. The van der Waals surface area contributed by atoms with Crippen LogP contribution >= 0.6 is 0 Å². The van der Waals surface area contributed by atoms with Crippen molar-refractivity contribution < 1.29 is 14.5 Å². The molecule has 2 atom stereocenters. The Morgan fingerprint density at radius 2 is 2.00 bits per heavy atom. The van der Waals surface area contributed by atoms with Crippen molar-refractivity contribution in [2.75, 3.05) is 24.6 Å². The van der Waals surface area contributed by atoms with Gasteiger partial charge in [0.15, 0.2) is 0 Å². The van der Waals surface area contributed by atoms with Gasteiger partial charge in [-0.05, 0) is 31.2 Å². The minimum absolute atomic E-state index is 0.0927. The third kappa shape index (κ3) is 3.55. The Kier molecular flexibility index (Phi) is 5.00. The number of piperidine rings is 1. The van der Waals surface area contributed by atoms with Gasteiger partial charge in [0.2, 0.25) is 0 Å². The molecule has 1 aliphatic rings. The molecule has 0 radical (unpaired) electrons. The molecular weight excluding hydrogens is 284 g/mol. The molecule has 1 aromatic rings. The average Bonchev–Trinajstić information content (AvgIpc) is 2.45. The molecule has 22 heavy (non-hydrogen) atoms. The molecule has 0 N–H and O–H groups in total. The van der Waals surface area contributed by atoms with E-state index in [9.17, 15) is 14.9 Å². The lowest BCUT2D eigenvalue weighted by Gasteiger charge is -2.37. The summed E-state index contributed by atoms with van der Waals surface area (Å²) in [4.78, 5) is 24.8. The van der Waals surface area contributed by atoms with Gasteiger partial charge in [-0.1, -0.05) is 13.8 Å². The molecule has 2 rings (SSSR count). The zero-order chi connectivity index (χ0) is 16.3. The summed E-state index contributed by atoms with van der Waals surface area (Å²) in [6.07, 6.45) is 1.15. The molecule has 1 heterocycles. The van der Waals surface area contributed by atoms with Crippen LogP contribution in [0.15, 0.2) is 18.2 Å². The molecule has 0 spiro atoms. The number of benzene rings is 1. The predicted octanol–water partition coefficient (Wildman–Crippen LogP) is 3.25. The molecule has 0 aromatic heterocycles. The molecule has 0 aliphatic carbocycles. The Bertz CT molecular complexity index is 563. The Balaban J connectivity index is 2.40. The maximum absolute atomic E-state index is 12.2. The van der Waals surface area contributed by atoms with E-state index in [-0.39, 0.29) is 17.9 Å². The summed E-state index contributed by atoms with van der Waals surface area (Å²) in [5.41, 5.74) is 0.907. The van der Waals surface area contributed by atoms with Crippen LogP contribution in [-0.4, -0.2) is 30.6 Å². The van der Waals surface area contributed by atoms with Crippen LogP contribution in [0, 0.1) is 22.0 Å². The predicted molar refractivity (Wildman–Crippen MR) is 84.2 cm³/mol. The Labute approximate surface area is 130 Å². The second-order valence-electron chi connectivity index (χ2n) is 6.03. The van der Waals surface area contributed by atoms with Crippen molar-refractivity contribution in [1.82, 2.24) is 0 Å². The van der Waals surface area contributed by atoms with Crippen LogP contribution in [0.4, 0.5) is 11.4 Å². The fraction of sp³-hybridized carbons (Fsp3) is 0.562. The van der Waals surface area contributed by atoms with Crippen LogP contribution in [-0.2, 0) is 4.74 Å². The number of non-ortho nitro benzene ring substituents is 1. The number of carbonyl (C=O) groups is 1. The Hall–Kier alpha value is -2.11. The van der Waals surface area contributed by atoms with Gasteiger partial charge in [-0.25, -0.2) is 4.79 Å². The molecule has 6 nitrogen and oxygen atoms in total. The second kappa shape index (κ2) is 6.77. The van der Waals surface area contributed by atoms with Crippen molar-refractivity contribution in [2.45, 2.75) is 27.2 Å². The molecule has 120 valence electrons. The maximum Gasteiger partial charge on any atom is 0.340 e. The highest BCUT2D eigenvalue weighted by Gasteiger charge is 2.27. The molecular formula is C16H22N2O4. The maximum atomic E-state index is 12.2. The monoisotopic (exact) mass is 306 g/mol. The highest BCUT2D eigenvalue weighted by atomic mass is 16.6. The molecule has 1 fully saturated rings. The van der Waals surface area contributed by atoms with Crippen molar-refractivity contribution in [3.8, 4) is 0 Å². The molecule has 1 aliphatic heterocycles. The van der Waals surface area contributed by atoms with E-state index in [1.807, 2.05) is 0 Å². The van der Waals surface area contributed by atoms with E-state index in [2.05, 4.69) is 18.7 Å². The lowest BCUT2D eigenvalue weighted by Crippen LogP contribution is -2.39. The molecule has 2 unspecified atom stereocenters. The van der Waals surface area contributed by atoms with E-state index in [0.717, 1.165) is 25.2 Å². The third-order valence-electron chi connectivity index (χ3n) is 3.90. The fourth-order valence-corrected chi connectivity index (χ4v) is 3.15. The number of nitro groups is 1. The first kappa shape index (κ1) is 16.3. The number of hydrogen-bond donors (Lipinski definition) is 0. The number of anilines is 1. The molecule has 1 saturated heterocycles. The van der Waals surface area contributed by atoms with E-state index in [0.29, 0.717) is 11.8 Å². The van der Waals surface area contributed by atoms with Crippen LogP contribution in [0.1, 0.15) is 37.6 Å². The van der Waals surface area contributed by atoms with Gasteiger partial charge in [-0.3, -0.25) is 10.1 Å². The van der Waals surface area contributed by atoms with E-state index in [1.54, 1.807) is 13.0 Å². The zero-order valence-electron chi connectivity index (χ0n) is 13.2. The largest absolute Gasteiger partial charge is 0.462 e. The van der Waals surface area contributed by atoms with E-state index < -0.39 is 10.9 Å². The molecule has 6 heteroatoms. The first-order valence-electron chi connectivity index (χ1n) is 7.62. The quantitative estimate of drug-likeness (QED) is 0.485. The summed E-state index contributed by atoms with van der Waals surface area (Å²) in [6, 6.07) is 4.43. The molecule has 0 bridgehead atoms. The van der Waals surface area contributed by atoms with Gasteiger partial charge in [0.1, 0.15) is 0 Å². The average molecular weight is 306 g/mol. The second-order valence-corrected chi connectivity index (χ2v) is 6.03. The van der Waals surface area contributed by atoms with Crippen molar-refractivity contribution in [3.05, 3.63) is 33.9 Å². The Morgan fingerprint density at radius 3 is 2.55 bits per heavy atom. The number of esters is 1. The van der Waals surface area contributed by atoms with Crippen molar-refractivity contribution in [2.24, 2.45) is 11.8 Å². The summed E-state index contributed by atoms with van der Waals surface area (Å²) < 4.78 is 5.06. The number of carbonyl (C=O) groups excluding carboxylic acids is 1. The number of nitro benzene ring substituents is 1. The van der Waals surface area contributed by atoms with Crippen LogP contribution in [0.25, 0.3) is 0 Å². The molecule has 1 aromatic carbocycles. The summed E-state index contributed by atoms with van der Waals surface area (Å²) >= 11 is 0. The van der Waals surface area contributed by atoms with Gasteiger partial charge < -0.3 is 9.64 Å². The number of hydrogen-bond acceptors (Lipinski definition) is 5. The van der Waals surface area contributed by atoms with E-state index in [1.165, 1.54) is 12.1 Å². The minimum atomic E-state index is -0.507. The third-order valence-corrected chi connectivity index (χ3v) is 3.90. The van der Waals surface area contributed by atoms with Gasteiger partial charge in [0.25, 0.3) is 5.69 Å². The van der Waals surface area contributed by atoms with Crippen LogP contribution < -0.4 is 4.90 Å². The van der Waals surface area contributed by atoms with Crippen LogP contribution in [0.3, 0.4) is 0 Å². The zero-order valence-corrected chi connectivity index (χ0v) is 13.2. The topological polar surface area (TPSA) is 72.7 Å². The first-order valence-corrected chi connectivity index (χ1v) is 7.62. The fourth-order valence-electron chi connectivity index (χ4n) is 3.15. The van der Waals surface area contributed by atoms with Crippen LogP contribution in [0.2, 0.25) is 0 Å². The van der Waals surface area contributed by atoms with Crippen LogP contribution in [0.5, 0.6) is 0 Å². The lowest BCUT2D eigenvalue weighted by atomic mass is 9.91. The van der Waals surface area contributed by atoms with Crippen molar-refractivity contribution in [3.63, 3.8) is 0 Å². The number of rotatable bonds is 4. The van der Waals surface area contributed by atoms with Gasteiger partial charge in [-0.15, -0.1) is 0 Å². The summed E-state index contributed by atoms with van der Waals surface area (Å²) in [5, 5.41) is 11.0. The molecule has 0 amide bonds. The van der Waals surface area contributed by atoms with E-state index >= 15 is 0 Å². The highest BCUT2D eigenvalue weighted by molar-refractivity contribution is 5.96. The minimum Gasteiger partial charge on any atom is -0.462 e. The van der Waals surface area contributed by atoms with Gasteiger partial charge in [0, 0.05) is 25.2 Å². The van der Waals surface area contributed by atoms with Gasteiger partial charge in [-0.2, -0.15) is 0 Å². The highest BCUT2D eigenvalue weighted by Crippen LogP contribution is 2.31. The first-order chi connectivity index (χ1) is 10.4. The summed E-state index contributed by atoms with van der Waals surface area (Å²) in [7, 11) is 0.